The summed E-state index contributed by atoms with van der Waals surface area (Å²) in [7, 11) is -4.50. The number of benzene rings is 1. The first kappa shape index (κ1) is 17.9. The fraction of sp³-hybridized carbons (Fsp3) is 0.125. The van der Waals surface area contributed by atoms with Crippen LogP contribution in [-0.2, 0) is 10.1 Å². The van der Waals surface area contributed by atoms with Crippen molar-refractivity contribution in [2.45, 2.75) is 5.51 Å². The van der Waals surface area contributed by atoms with Crippen LogP contribution in [0.3, 0.4) is 0 Å². The Morgan fingerprint density at radius 1 is 1.04 bits per heavy atom. The Hall–Kier alpha value is -2.88. The third-order valence-electron chi connectivity index (χ3n) is 3.42. The van der Waals surface area contributed by atoms with E-state index >= 15 is 0 Å². The van der Waals surface area contributed by atoms with Crippen molar-refractivity contribution in [3.05, 3.63) is 48.7 Å². The highest BCUT2D eigenvalue weighted by molar-refractivity contribution is 7.88. The van der Waals surface area contributed by atoms with Gasteiger partial charge in [0.15, 0.2) is 0 Å². The first-order valence-electron chi connectivity index (χ1n) is 7.13. The summed E-state index contributed by atoms with van der Waals surface area (Å²) in [5.74, 6) is -0.494. The molecule has 1 aromatic carbocycles. The largest absolute Gasteiger partial charge is 0.534 e. The lowest BCUT2D eigenvalue weighted by Gasteiger charge is -2.14. The van der Waals surface area contributed by atoms with Crippen LogP contribution >= 0.6 is 0 Å². The number of methoxy groups -OCH3 is 1. The minimum atomic E-state index is -5.87. The molecule has 0 unspecified atom stereocenters. The summed E-state index contributed by atoms with van der Waals surface area (Å²) in [6.07, 6.45) is 1.33. The zero-order valence-electron chi connectivity index (χ0n) is 13.2. The van der Waals surface area contributed by atoms with Crippen LogP contribution in [0.5, 0.6) is 11.8 Å². The molecule has 0 spiro atoms. The number of hydrogen-bond acceptors (Lipinski definition) is 6. The summed E-state index contributed by atoms with van der Waals surface area (Å²) >= 11 is 0. The standard InChI is InChI=1S/C16H11F3N2O4S/c1-24-14-12-9-11(10-5-3-2-4-6-10)15(21-13(12)7-8-20-14)25-26(22,23)16(17,18)19/h2-9H,1H3. The molecule has 0 atom stereocenters. The SMILES string of the molecule is COc1nccc2nc(OS(=O)(=O)C(F)(F)F)c(-c3ccccc3)cc12. The highest BCUT2D eigenvalue weighted by Gasteiger charge is 2.49. The van der Waals surface area contributed by atoms with E-state index in [0.717, 1.165) is 0 Å². The van der Waals surface area contributed by atoms with E-state index in [1.54, 1.807) is 30.3 Å². The number of fused-ring (bicyclic) bond motifs is 1. The molecule has 3 rings (SSSR count). The molecular formula is C16H11F3N2O4S. The molecule has 2 heterocycles. The monoisotopic (exact) mass is 384 g/mol. The molecule has 136 valence electrons. The van der Waals surface area contributed by atoms with Gasteiger partial charge >= 0.3 is 15.6 Å². The molecular weight excluding hydrogens is 373 g/mol. The minimum absolute atomic E-state index is 0.0530. The van der Waals surface area contributed by atoms with Crippen molar-refractivity contribution in [3.8, 4) is 22.9 Å². The molecule has 3 aromatic rings. The summed E-state index contributed by atoms with van der Waals surface area (Å²) in [6.45, 7) is 0. The molecule has 26 heavy (non-hydrogen) atoms. The molecule has 0 saturated carbocycles. The van der Waals surface area contributed by atoms with E-state index in [4.69, 9.17) is 4.74 Å². The van der Waals surface area contributed by atoms with Crippen LogP contribution in [0.4, 0.5) is 13.2 Å². The Morgan fingerprint density at radius 3 is 2.35 bits per heavy atom. The first-order chi connectivity index (χ1) is 12.2. The number of halogens is 3. The van der Waals surface area contributed by atoms with Crippen molar-refractivity contribution in [1.29, 1.82) is 0 Å². The number of hydrogen-bond donors (Lipinski definition) is 0. The summed E-state index contributed by atoms with van der Waals surface area (Å²) in [5, 5.41) is 0.394. The Balaban J connectivity index is 2.27. The van der Waals surface area contributed by atoms with Gasteiger partial charge in [0, 0.05) is 11.8 Å². The predicted molar refractivity (Wildman–Crippen MR) is 87.1 cm³/mol. The third-order valence-corrected chi connectivity index (χ3v) is 4.37. The zero-order chi connectivity index (χ0) is 18.9. The van der Waals surface area contributed by atoms with Crippen molar-refractivity contribution in [3.63, 3.8) is 0 Å². The number of alkyl halides is 3. The maximum atomic E-state index is 12.7. The quantitative estimate of drug-likeness (QED) is 0.506. The van der Waals surface area contributed by atoms with E-state index < -0.39 is 21.5 Å². The molecule has 0 N–H and O–H groups in total. The number of ether oxygens (including phenoxy) is 1. The zero-order valence-corrected chi connectivity index (χ0v) is 14.0. The van der Waals surface area contributed by atoms with Gasteiger partial charge in [-0.3, -0.25) is 0 Å². The highest BCUT2D eigenvalue weighted by Crippen LogP contribution is 2.36. The summed E-state index contributed by atoms with van der Waals surface area (Å²) in [5.41, 5.74) is -4.94. The number of nitrogens with zero attached hydrogens (tertiary/aromatic N) is 2. The van der Waals surface area contributed by atoms with Gasteiger partial charge < -0.3 is 8.92 Å². The predicted octanol–water partition coefficient (Wildman–Crippen LogP) is 3.53. The van der Waals surface area contributed by atoms with Gasteiger partial charge in [0.25, 0.3) is 0 Å². The molecule has 0 fully saturated rings. The average molecular weight is 384 g/mol. The maximum absolute atomic E-state index is 12.7. The molecule has 0 aliphatic heterocycles. The van der Waals surface area contributed by atoms with Crippen LogP contribution in [0.15, 0.2) is 48.7 Å². The molecule has 0 saturated heterocycles. The lowest BCUT2D eigenvalue weighted by atomic mass is 10.1. The van der Waals surface area contributed by atoms with Gasteiger partial charge in [-0.15, -0.1) is 0 Å². The second-order valence-corrected chi connectivity index (χ2v) is 6.62. The lowest BCUT2D eigenvalue weighted by Crippen LogP contribution is -2.28. The average Bonchev–Trinajstić information content (AvgIpc) is 2.60. The second-order valence-electron chi connectivity index (χ2n) is 5.08. The van der Waals surface area contributed by atoms with Gasteiger partial charge in [0.05, 0.1) is 18.0 Å². The van der Waals surface area contributed by atoms with Gasteiger partial charge in [0.1, 0.15) is 0 Å². The smallest absolute Gasteiger partial charge is 0.481 e. The van der Waals surface area contributed by atoms with Crippen LogP contribution in [0.25, 0.3) is 22.0 Å². The summed E-state index contributed by atoms with van der Waals surface area (Å²) in [6, 6.07) is 11.0. The lowest BCUT2D eigenvalue weighted by molar-refractivity contribution is -0.0501. The van der Waals surface area contributed by atoms with Crippen molar-refractivity contribution >= 4 is 21.0 Å². The van der Waals surface area contributed by atoms with Crippen LogP contribution < -0.4 is 8.92 Å². The Kier molecular flexibility index (Phi) is 4.45. The van der Waals surface area contributed by atoms with Gasteiger partial charge in [-0.25, -0.2) is 9.97 Å². The van der Waals surface area contributed by atoms with Crippen molar-refractivity contribution in [2.75, 3.05) is 7.11 Å². The fourth-order valence-electron chi connectivity index (χ4n) is 2.26. The molecule has 2 aromatic heterocycles. The van der Waals surface area contributed by atoms with E-state index in [9.17, 15) is 21.6 Å². The number of rotatable bonds is 4. The molecule has 6 nitrogen and oxygen atoms in total. The third kappa shape index (κ3) is 3.27. The number of pyridine rings is 2. The topological polar surface area (TPSA) is 78.4 Å². The molecule has 0 radical (unpaired) electrons. The summed E-state index contributed by atoms with van der Waals surface area (Å²) < 4.78 is 70.5. The van der Waals surface area contributed by atoms with E-state index in [2.05, 4.69) is 14.2 Å². The van der Waals surface area contributed by atoms with E-state index in [-0.39, 0.29) is 17.0 Å². The molecule has 0 aliphatic rings. The van der Waals surface area contributed by atoms with Crippen molar-refractivity contribution in [1.82, 2.24) is 9.97 Å². The Morgan fingerprint density at radius 2 is 1.73 bits per heavy atom. The first-order valence-corrected chi connectivity index (χ1v) is 8.53. The van der Waals surface area contributed by atoms with Gasteiger partial charge in [0.2, 0.25) is 11.8 Å². The van der Waals surface area contributed by atoms with Crippen LogP contribution in [0.2, 0.25) is 0 Å². The Labute approximate surface area is 146 Å². The summed E-state index contributed by atoms with van der Waals surface area (Å²) in [4.78, 5) is 7.94. The number of aromatic nitrogens is 2. The molecule has 0 bridgehead atoms. The molecule has 0 amide bonds. The maximum Gasteiger partial charge on any atom is 0.534 e. The van der Waals surface area contributed by atoms with Crippen molar-refractivity contribution < 1.29 is 30.5 Å². The normalized spacial score (nSPS) is 12.2. The van der Waals surface area contributed by atoms with Crippen molar-refractivity contribution in [2.24, 2.45) is 0 Å². The second kappa shape index (κ2) is 6.45. The van der Waals surface area contributed by atoms with E-state index in [0.29, 0.717) is 10.9 Å². The minimum Gasteiger partial charge on any atom is -0.481 e. The Bertz CT molecular complexity index is 1050. The van der Waals surface area contributed by atoms with E-state index in [1.165, 1.54) is 25.4 Å². The van der Waals surface area contributed by atoms with E-state index in [1.807, 2.05) is 0 Å². The van der Waals surface area contributed by atoms with Gasteiger partial charge in [-0.2, -0.15) is 21.6 Å². The van der Waals surface area contributed by atoms with Gasteiger partial charge in [-0.1, -0.05) is 30.3 Å². The van der Waals surface area contributed by atoms with Crippen LogP contribution in [-0.4, -0.2) is 31.0 Å². The van der Waals surface area contributed by atoms with Gasteiger partial charge in [-0.05, 0) is 17.7 Å². The highest BCUT2D eigenvalue weighted by atomic mass is 32.2. The van der Waals surface area contributed by atoms with Crippen LogP contribution in [0.1, 0.15) is 0 Å². The fourth-order valence-corrected chi connectivity index (χ4v) is 2.68. The molecule has 0 aliphatic carbocycles. The van der Waals surface area contributed by atoms with Crippen LogP contribution in [0, 0.1) is 0 Å². The molecule has 10 heteroatoms.